The van der Waals surface area contributed by atoms with Gasteiger partial charge in [0, 0.05) is 24.8 Å². The smallest absolute Gasteiger partial charge is 0.279 e. The summed E-state index contributed by atoms with van der Waals surface area (Å²) in [5.41, 5.74) is 0.695. The normalized spacial score (nSPS) is 11.8. The molecule has 1 aromatic rings. The van der Waals surface area contributed by atoms with E-state index in [2.05, 4.69) is 5.32 Å². The lowest BCUT2D eigenvalue weighted by molar-refractivity contribution is -0.862. The highest BCUT2D eigenvalue weighted by Gasteiger charge is 2.15. The van der Waals surface area contributed by atoms with Crippen LogP contribution in [-0.2, 0) is 9.59 Å². The van der Waals surface area contributed by atoms with Crippen molar-refractivity contribution < 1.29 is 14.5 Å². The second-order valence-electron chi connectivity index (χ2n) is 4.65. The van der Waals surface area contributed by atoms with Crippen LogP contribution in [0, 0.1) is 0 Å². The van der Waals surface area contributed by atoms with Gasteiger partial charge in [0.05, 0.1) is 7.05 Å². The van der Waals surface area contributed by atoms with Crippen molar-refractivity contribution in [2.75, 3.05) is 39.5 Å². The van der Waals surface area contributed by atoms with Crippen molar-refractivity contribution in [3.05, 3.63) is 29.3 Å². The summed E-state index contributed by atoms with van der Waals surface area (Å²) >= 11 is 5.76. The molecule has 19 heavy (non-hydrogen) atoms. The lowest BCUT2D eigenvalue weighted by atomic mass is 10.3. The number of anilines is 1. The molecule has 0 aliphatic heterocycles. The van der Waals surface area contributed by atoms with Crippen LogP contribution in [0.5, 0.6) is 0 Å². The van der Waals surface area contributed by atoms with E-state index in [0.717, 1.165) is 4.90 Å². The van der Waals surface area contributed by atoms with Gasteiger partial charge in [0.2, 0.25) is 0 Å². The van der Waals surface area contributed by atoms with E-state index < -0.39 is 0 Å². The number of carbonyl (C=O) groups is 2. The van der Waals surface area contributed by atoms with Crippen LogP contribution in [0.25, 0.3) is 0 Å². The van der Waals surface area contributed by atoms with Gasteiger partial charge in [0.25, 0.3) is 11.8 Å². The molecule has 6 heteroatoms. The number of quaternary nitrogens is 1. The second kappa shape index (κ2) is 7.11. The highest BCUT2D eigenvalue weighted by atomic mass is 35.5. The number of hydrogen-bond acceptors (Lipinski definition) is 2. The standard InChI is InChI=1S/C13H18ClN3O2/c1-16(2)13(19)9-17(3)8-12(18)15-11-6-4-10(14)5-7-11/h4-7H,8-9H2,1-3H3,(H,15,18)/p+1. The summed E-state index contributed by atoms with van der Waals surface area (Å²) in [6, 6.07) is 6.90. The fraction of sp³-hybridized carbons (Fsp3) is 0.385. The Kier molecular flexibility index (Phi) is 5.79. The Bertz CT molecular complexity index is 446. The van der Waals surface area contributed by atoms with Crippen LogP contribution < -0.4 is 10.2 Å². The van der Waals surface area contributed by atoms with Gasteiger partial charge >= 0.3 is 0 Å². The number of carbonyl (C=O) groups excluding carboxylic acids is 2. The Labute approximate surface area is 118 Å². The Balaban J connectivity index is 2.42. The predicted octanol–water partition coefficient (Wildman–Crippen LogP) is -0.119. The fourth-order valence-corrected chi connectivity index (χ4v) is 1.62. The maximum absolute atomic E-state index is 11.8. The van der Waals surface area contributed by atoms with Gasteiger partial charge in [-0.2, -0.15) is 0 Å². The molecule has 0 aliphatic rings. The molecule has 1 rings (SSSR count). The summed E-state index contributed by atoms with van der Waals surface area (Å²) in [6.07, 6.45) is 0. The maximum atomic E-state index is 11.8. The third-order valence-corrected chi connectivity index (χ3v) is 2.79. The molecule has 0 bridgehead atoms. The van der Waals surface area contributed by atoms with Gasteiger partial charge in [-0.05, 0) is 24.3 Å². The minimum absolute atomic E-state index is 0.00297. The minimum Gasteiger partial charge on any atom is -0.344 e. The summed E-state index contributed by atoms with van der Waals surface area (Å²) in [6.45, 7) is 0.531. The van der Waals surface area contributed by atoms with Crippen LogP contribution in [0.3, 0.4) is 0 Å². The zero-order chi connectivity index (χ0) is 14.4. The summed E-state index contributed by atoms with van der Waals surface area (Å²) in [5.74, 6) is -0.136. The molecule has 0 fully saturated rings. The van der Waals surface area contributed by atoms with Crippen molar-refractivity contribution in [2.24, 2.45) is 0 Å². The van der Waals surface area contributed by atoms with Crippen LogP contribution >= 0.6 is 11.6 Å². The second-order valence-corrected chi connectivity index (χ2v) is 5.09. The predicted molar refractivity (Wildman–Crippen MR) is 75.4 cm³/mol. The topological polar surface area (TPSA) is 53.9 Å². The number of likely N-dealkylation sites (N-methyl/N-ethyl adjacent to an activating group) is 2. The first kappa shape index (κ1) is 15.5. The lowest BCUT2D eigenvalue weighted by Crippen LogP contribution is -3.11. The number of hydrogen-bond donors (Lipinski definition) is 2. The summed E-state index contributed by atoms with van der Waals surface area (Å²) in [4.78, 5) is 25.6. The van der Waals surface area contributed by atoms with E-state index in [9.17, 15) is 9.59 Å². The van der Waals surface area contributed by atoms with Gasteiger partial charge in [0.1, 0.15) is 0 Å². The highest BCUT2D eigenvalue weighted by Crippen LogP contribution is 2.12. The summed E-state index contributed by atoms with van der Waals surface area (Å²) < 4.78 is 0. The minimum atomic E-state index is -0.133. The third kappa shape index (κ3) is 5.72. The van der Waals surface area contributed by atoms with Crippen molar-refractivity contribution in [2.45, 2.75) is 0 Å². The molecule has 2 N–H and O–H groups in total. The Hall–Kier alpha value is -1.59. The Morgan fingerprint density at radius 3 is 2.32 bits per heavy atom. The first-order chi connectivity index (χ1) is 8.88. The molecule has 0 aliphatic carbocycles. The zero-order valence-corrected chi connectivity index (χ0v) is 12.1. The van der Waals surface area contributed by atoms with E-state index in [1.165, 1.54) is 4.90 Å². The molecule has 0 aromatic heterocycles. The third-order valence-electron chi connectivity index (χ3n) is 2.54. The average Bonchev–Trinajstić information content (AvgIpc) is 2.31. The van der Waals surface area contributed by atoms with E-state index in [1.54, 1.807) is 38.4 Å². The van der Waals surface area contributed by atoms with Crippen LogP contribution in [-0.4, -0.2) is 50.9 Å². The van der Waals surface area contributed by atoms with E-state index in [1.807, 2.05) is 7.05 Å². The van der Waals surface area contributed by atoms with Crippen molar-refractivity contribution >= 4 is 29.1 Å². The molecule has 0 saturated carbocycles. The van der Waals surface area contributed by atoms with Crippen LogP contribution in [0.15, 0.2) is 24.3 Å². The number of nitrogens with zero attached hydrogens (tertiary/aromatic N) is 1. The molecule has 0 radical (unpaired) electrons. The molecule has 104 valence electrons. The largest absolute Gasteiger partial charge is 0.344 e. The van der Waals surface area contributed by atoms with Gasteiger partial charge in [-0.3, -0.25) is 9.59 Å². The molecule has 1 atom stereocenters. The zero-order valence-electron chi connectivity index (χ0n) is 11.4. The molecule has 1 aromatic carbocycles. The fourth-order valence-electron chi connectivity index (χ4n) is 1.49. The van der Waals surface area contributed by atoms with E-state index in [-0.39, 0.29) is 18.4 Å². The van der Waals surface area contributed by atoms with Crippen molar-refractivity contribution in [3.63, 3.8) is 0 Å². The van der Waals surface area contributed by atoms with Crippen molar-refractivity contribution in [1.29, 1.82) is 0 Å². The highest BCUT2D eigenvalue weighted by molar-refractivity contribution is 6.30. The Morgan fingerprint density at radius 2 is 1.79 bits per heavy atom. The molecule has 1 unspecified atom stereocenters. The van der Waals surface area contributed by atoms with Crippen LogP contribution in [0.4, 0.5) is 5.69 Å². The van der Waals surface area contributed by atoms with Gasteiger partial charge < -0.3 is 15.1 Å². The van der Waals surface area contributed by atoms with Crippen LogP contribution in [0.1, 0.15) is 0 Å². The van der Waals surface area contributed by atoms with Gasteiger partial charge in [0.15, 0.2) is 13.1 Å². The van der Waals surface area contributed by atoms with Gasteiger partial charge in [-0.15, -0.1) is 0 Å². The monoisotopic (exact) mass is 284 g/mol. The summed E-state index contributed by atoms with van der Waals surface area (Å²) in [5, 5.41) is 3.38. The molecule has 0 heterocycles. The first-order valence-corrected chi connectivity index (χ1v) is 6.33. The maximum Gasteiger partial charge on any atom is 0.279 e. The van der Waals surface area contributed by atoms with E-state index in [0.29, 0.717) is 17.3 Å². The summed E-state index contributed by atoms with van der Waals surface area (Å²) in [7, 11) is 5.20. The van der Waals surface area contributed by atoms with Gasteiger partial charge in [-0.1, -0.05) is 11.6 Å². The number of nitrogens with one attached hydrogen (secondary N) is 2. The Morgan fingerprint density at radius 1 is 1.21 bits per heavy atom. The van der Waals surface area contributed by atoms with Gasteiger partial charge in [-0.25, -0.2) is 0 Å². The number of amides is 2. The molecule has 5 nitrogen and oxygen atoms in total. The molecular formula is C13H19ClN3O2+. The average molecular weight is 285 g/mol. The SMILES string of the molecule is CN(C)C(=O)C[NH+](C)CC(=O)Nc1ccc(Cl)cc1. The molecular weight excluding hydrogens is 266 g/mol. The number of benzene rings is 1. The van der Waals surface area contributed by atoms with Crippen molar-refractivity contribution in [1.82, 2.24) is 4.90 Å². The first-order valence-electron chi connectivity index (χ1n) is 5.95. The molecule has 0 saturated heterocycles. The van der Waals surface area contributed by atoms with E-state index >= 15 is 0 Å². The molecule has 0 spiro atoms. The quantitative estimate of drug-likeness (QED) is 0.792. The van der Waals surface area contributed by atoms with Crippen LogP contribution in [0.2, 0.25) is 5.02 Å². The molecule has 2 amide bonds. The number of halogens is 1. The van der Waals surface area contributed by atoms with E-state index in [4.69, 9.17) is 11.6 Å². The van der Waals surface area contributed by atoms with Crippen molar-refractivity contribution in [3.8, 4) is 0 Å². The number of rotatable bonds is 5. The lowest BCUT2D eigenvalue weighted by Gasteiger charge is -2.16.